The third-order valence-electron chi connectivity index (χ3n) is 5.84. The van der Waals surface area contributed by atoms with Gasteiger partial charge in [-0.25, -0.2) is 4.98 Å². The Hall–Kier alpha value is -3.74. The third-order valence-corrected chi connectivity index (χ3v) is 5.84. The van der Waals surface area contributed by atoms with Crippen molar-refractivity contribution in [1.82, 2.24) is 9.55 Å². The monoisotopic (exact) mass is 464 g/mol. The van der Waals surface area contributed by atoms with Crippen molar-refractivity contribution in [2.45, 2.75) is 19.0 Å². The van der Waals surface area contributed by atoms with Crippen molar-refractivity contribution >= 4 is 23.2 Å². The number of para-hydroxylation sites is 3. The minimum absolute atomic E-state index is 0.589. The predicted octanol–water partition coefficient (Wildman–Crippen LogP) is 7.01. The summed E-state index contributed by atoms with van der Waals surface area (Å²) in [5.41, 5.74) is 2.30. The Bertz CT molecular complexity index is 1340. The standard InChI is InChI=1S/C27H23F3N2O2/c1-33-24-8-4-5-19(26(24)34-17-18-9-10-18)11-16-25-31-22-6-2-3-7-23(22)32(25)21-14-12-20(13-15-21)27(28,29)30/h2-8,11-16,18H,9-10,17H2,1H3/b16-11+. The van der Waals surface area contributed by atoms with E-state index in [4.69, 9.17) is 14.5 Å². The second kappa shape index (κ2) is 8.89. The number of alkyl halides is 3. The van der Waals surface area contributed by atoms with Crippen LogP contribution in [0.4, 0.5) is 13.2 Å². The Kier molecular flexibility index (Phi) is 5.77. The smallest absolute Gasteiger partial charge is 0.416 e. The maximum absolute atomic E-state index is 13.1. The van der Waals surface area contributed by atoms with Gasteiger partial charge in [0.1, 0.15) is 5.82 Å². The van der Waals surface area contributed by atoms with Crippen molar-refractivity contribution in [3.63, 3.8) is 0 Å². The summed E-state index contributed by atoms with van der Waals surface area (Å²) < 4.78 is 52.6. The molecule has 0 saturated heterocycles. The average molecular weight is 464 g/mol. The molecule has 1 aliphatic carbocycles. The highest BCUT2D eigenvalue weighted by molar-refractivity contribution is 5.83. The van der Waals surface area contributed by atoms with Crippen LogP contribution in [0.5, 0.6) is 11.5 Å². The number of imidazole rings is 1. The fourth-order valence-corrected chi connectivity index (χ4v) is 3.86. The number of rotatable bonds is 7. The van der Waals surface area contributed by atoms with E-state index in [0.717, 1.165) is 28.7 Å². The van der Waals surface area contributed by atoms with Gasteiger partial charge in [-0.05, 0) is 73.4 Å². The molecule has 0 bridgehead atoms. The lowest BCUT2D eigenvalue weighted by molar-refractivity contribution is -0.137. The molecular formula is C27H23F3N2O2. The lowest BCUT2D eigenvalue weighted by Crippen LogP contribution is -2.05. The molecule has 4 nitrogen and oxygen atoms in total. The van der Waals surface area contributed by atoms with Crippen molar-refractivity contribution in [2.75, 3.05) is 13.7 Å². The highest BCUT2D eigenvalue weighted by Gasteiger charge is 2.30. The Labute approximate surface area is 195 Å². The minimum Gasteiger partial charge on any atom is -0.493 e. The van der Waals surface area contributed by atoms with E-state index in [1.165, 1.54) is 25.0 Å². The molecule has 1 heterocycles. The first-order valence-corrected chi connectivity index (χ1v) is 11.1. The van der Waals surface area contributed by atoms with Gasteiger partial charge in [-0.3, -0.25) is 4.57 Å². The first-order valence-electron chi connectivity index (χ1n) is 11.1. The fraction of sp³-hybridized carbons (Fsp3) is 0.222. The summed E-state index contributed by atoms with van der Waals surface area (Å²) in [6.45, 7) is 0.644. The summed E-state index contributed by atoms with van der Waals surface area (Å²) in [5, 5.41) is 0. The molecule has 0 atom stereocenters. The number of hydrogen-bond donors (Lipinski definition) is 0. The number of benzene rings is 3. The zero-order valence-electron chi connectivity index (χ0n) is 18.5. The van der Waals surface area contributed by atoms with E-state index in [1.807, 2.05) is 59.2 Å². The second-order valence-corrected chi connectivity index (χ2v) is 8.31. The number of hydrogen-bond acceptors (Lipinski definition) is 3. The van der Waals surface area contributed by atoms with Crippen LogP contribution >= 0.6 is 0 Å². The summed E-state index contributed by atoms with van der Waals surface area (Å²) in [5.74, 6) is 2.51. The van der Waals surface area contributed by atoms with Crippen LogP contribution in [0.25, 0.3) is 28.9 Å². The molecule has 1 saturated carbocycles. The maximum Gasteiger partial charge on any atom is 0.416 e. The molecule has 1 fully saturated rings. The first kappa shape index (κ1) is 22.1. The van der Waals surface area contributed by atoms with Crippen LogP contribution in [0.2, 0.25) is 0 Å². The molecule has 0 spiro atoms. The molecule has 0 amide bonds. The minimum atomic E-state index is -4.39. The Morgan fingerprint density at radius 3 is 2.44 bits per heavy atom. The fourth-order valence-electron chi connectivity index (χ4n) is 3.86. The van der Waals surface area contributed by atoms with Gasteiger partial charge in [0.05, 0.1) is 30.3 Å². The number of nitrogens with zero attached hydrogens (tertiary/aromatic N) is 2. The van der Waals surface area contributed by atoms with Gasteiger partial charge in [0.15, 0.2) is 11.5 Å². The van der Waals surface area contributed by atoms with Crippen LogP contribution < -0.4 is 9.47 Å². The molecule has 34 heavy (non-hydrogen) atoms. The summed E-state index contributed by atoms with van der Waals surface area (Å²) in [4.78, 5) is 4.71. The predicted molar refractivity (Wildman–Crippen MR) is 126 cm³/mol. The molecule has 174 valence electrons. The highest BCUT2D eigenvalue weighted by Crippen LogP contribution is 2.36. The molecule has 0 N–H and O–H groups in total. The normalized spacial score (nSPS) is 14.1. The van der Waals surface area contributed by atoms with E-state index < -0.39 is 11.7 Å². The first-order chi connectivity index (χ1) is 16.4. The average Bonchev–Trinajstić information content (AvgIpc) is 3.59. The third kappa shape index (κ3) is 4.51. The molecule has 1 aromatic heterocycles. The van der Waals surface area contributed by atoms with E-state index in [9.17, 15) is 13.2 Å². The van der Waals surface area contributed by atoms with Gasteiger partial charge in [0, 0.05) is 11.3 Å². The lowest BCUT2D eigenvalue weighted by Gasteiger charge is -2.13. The van der Waals surface area contributed by atoms with E-state index in [0.29, 0.717) is 35.5 Å². The zero-order chi connectivity index (χ0) is 23.7. The van der Waals surface area contributed by atoms with Crippen molar-refractivity contribution in [3.8, 4) is 17.2 Å². The van der Waals surface area contributed by atoms with Gasteiger partial charge < -0.3 is 9.47 Å². The molecular weight excluding hydrogens is 441 g/mol. The summed E-state index contributed by atoms with van der Waals surface area (Å²) >= 11 is 0. The summed E-state index contributed by atoms with van der Waals surface area (Å²) in [7, 11) is 1.61. The summed E-state index contributed by atoms with van der Waals surface area (Å²) in [6, 6.07) is 18.3. The maximum atomic E-state index is 13.1. The molecule has 0 unspecified atom stereocenters. The van der Waals surface area contributed by atoms with Crippen molar-refractivity contribution < 1.29 is 22.6 Å². The molecule has 5 rings (SSSR count). The summed E-state index contributed by atoms with van der Waals surface area (Å²) in [6.07, 6.45) is 1.71. The lowest BCUT2D eigenvalue weighted by atomic mass is 10.1. The zero-order valence-corrected chi connectivity index (χ0v) is 18.5. The SMILES string of the molecule is COc1cccc(/C=C/c2nc3ccccc3n2-c2ccc(C(F)(F)F)cc2)c1OCC1CC1. The van der Waals surface area contributed by atoms with Crippen LogP contribution in [-0.2, 0) is 6.18 Å². The number of fused-ring (bicyclic) bond motifs is 1. The van der Waals surface area contributed by atoms with Crippen molar-refractivity contribution in [2.24, 2.45) is 5.92 Å². The van der Waals surface area contributed by atoms with Gasteiger partial charge in [-0.2, -0.15) is 13.2 Å². The number of methoxy groups -OCH3 is 1. The van der Waals surface area contributed by atoms with Gasteiger partial charge in [0.2, 0.25) is 0 Å². The van der Waals surface area contributed by atoms with Gasteiger partial charge in [0.25, 0.3) is 0 Å². The largest absolute Gasteiger partial charge is 0.493 e. The molecule has 3 aromatic carbocycles. The van der Waals surface area contributed by atoms with Crippen molar-refractivity contribution in [1.29, 1.82) is 0 Å². The van der Waals surface area contributed by atoms with E-state index >= 15 is 0 Å². The van der Waals surface area contributed by atoms with Gasteiger partial charge >= 0.3 is 6.18 Å². The van der Waals surface area contributed by atoms with Crippen LogP contribution in [0.15, 0.2) is 66.7 Å². The Morgan fingerprint density at radius 1 is 0.971 bits per heavy atom. The molecule has 7 heteroatoms. The number of halogens is 3. The quantitative estimate of drug-likeness (QED) is 0.295. The molecule has 0 aliphatic heterocycles. The highest BCUT2D eigenvalue weighted by atomic mass is 19.4. The van der Waals surface area contributed by atoms with E-state index in [1.54, 1.807) is 7.11 Å². The van der Waals surface area contributed by atoms with Crippen molar-refractivity contribution in [3.05, 3.63) is 83.7 Å². The van der Waals surface area contributed by atoms with Crippen LogP contribution in [0.3, 0.4) is 0 Å². The molecule has 4 aromatic rings. The number of ether oxygens (including phenoxy) is 2. The second-order valence-electron chi connectivity index (χ2n) is 8.31. The Morgan fingerprint density at radius 2 is 1.74 bits per heavy atom. The van der Waals surface area contributed by atoms with E-state index in [-0.39, 0.29) is 0 Å². The van der Waals surface area contributed by atoms with Gasteiger partial charge in [-0.1, -0.05) is 24.3 Å². The Balaban J connectivity index is 1.55. The molecule has 1 aliphatic rings. The van der Waals surface area contributed by atoms with Crippen LogP contribution in [0, 0.1) is 5.92 Å². The van der Waals surface area contributed by atoms with E-state index in [2.05, 4.69) is 0 Å². The van der Waals surface area contributed by atoms with Gasteiger partial charge in [-0.15, -0.1) is 0 Å². The topological polar surface area (TPSA) is 36.3 Å². The molecule has 0 radical (unpaired) electrons. The van der Waals surface area contributed by atoms with Crippen LogP contribution in [-0.4, -0.2) is 23.3 Å². The number of aromatic nitrogens is 2. The van der Waals surface area contributed by atoms with Crippen LogP contribution in [0.1, 0.15) is 29.8 Å².